The molecule has 0 bridgehead atoms. The number of nitrogens with zero attached hydrogens (tertiary/aromatic N) is 3. The van der Waals surface area contributed by atoms with Gasteiger partial charge in [-0.3, -0.25) is 0 Å². The normalized spacial score (nSPS) is 14.0. The van der Waals surface area contributed by atoms with Crippen molar-refractivity contribution in [2.45, 2.75) is 183 Å². The van der Waals surface area contributed by atoms with E-state index >= 15 is 0 Å². The SMILES string of the molecule is CC(C)(CO[Si](C)(C)C(C)(C)C)Cc1c(I)c[nH][n+]1COCC[Si](C)(C)C.CC(C)(CO[Si](C)(C)C(C)(C)C)Cc1nn(COCC[Si](C)(C)C)cc1I. The van der Waals surface area contributed by atoms with Gasteiger partial charge in [-0.1, -0.05) is 113 Å². The van der Waals surface area contributed by atoms with Gasteiger partial charge in [0.1, 0.15) is 10.3 Å². The van der Waals surface area contributed by atoms with Crippen LogP contribution in [-0.4, -0.2) is 74.1 Å². The van der Waals surface area contributed by atoms with E-state index in [0.717, 1.165) is 45.0 Å². The zero-order chi connectivity index (χ0) is 42.2. The third-order valence-corrected chi connectivity index (χ3v) is 24.9. The molecule has 0 saturated heterocycles. The molecule has 0 saturated carbocycles. The summed E-state index contributed by atoms with van der Waals surface area (Å²) >= 11 is 4.81. The molecular formula is C40H83I2N4O4Si4+. The lowest BCUT2D eigenvalue weighted by molar-refractivity contribution is -0.787. The van der Waals surface area contributed by atoms with Crippen molar-refractivity contribution in [1.29, 1.82) is 0 Å². The highest BCUT2D eigenvalue weighted by atomic mass is 127. The molecule has 0 aliphatic rings. The summed E-state index contributed by atoms with van der Waals surface area (Å²) in [6, 6.07) is 2.39. The summed E-state index contributed by atoms with van der Waals surface area (Å²) < 4.78 is 31.3. The van der Waals surface area contributed by atoms with Crippen molar-refractivity contribution in [2.24, 2.45) is 10.8 Å². The molecule has 14 heteroatoms. The fourth-order valence-corrected chi connectivity index (χ4v) is 9.73. The van der Waals surface area contributed by atoms with Crippen molar-refractivity contribution < 1.29 is 23.0 Å². The third-order valence-electron chi connectivity index (χ3n) is 10.7. The standard InChI is InChI=1S/2C20H41IN2O2Si2/c1-19(2,3)27(9,10)25-15-20(4,5)13-18-17(21)14-23(22-18)16-24-11-12-26(6,7)8;1-19(2,3)27(9,10)25-15-20(4,5)13-18-17(21)14-22-23(18)16-24-11-12-26(6,7)8/h2*14H,11-13,15-16H2,1-10H3/p+1. The first-order chi connectivity index (χ1) is 24.1. The molecule has 0 radical (unpaired) electrons. The predicted octanol–water partition coefficient (Wildman–Crippen LogP) is 12.2. The molecule has 2 aromatic rings. The smallest absolute Gasteiger partial charge is 0.276 e. The maximum absolute atomic E-state index is 6.51. The van der Waals surface area contributed by atoms with Crippen LogP contribution in [0.4, 0.5) is 0 Å². The summed E-state index contributed by atoms with van der Waals surface area (Å²) in [5.74, 6) is 0. The topological polar surface area (TPSA) is 74.4 Å². The minimum absolute atomic E-state index is 0.0628. The average molecular weight is 1050 g/mol. The summed E-state index contributed by atoms with van der Waals surface area (Å²) in [6.07, 6.45) is 6.06. The summed E-state index contributed by atoms with van der Waals surface area (Å²) in [5.41, 5.74) is 2.60. The molecule has 0 fully saturated rings. The fourth-order valence-electron chi connectivity index (χ4n) is 4.61. The van der Waals surface area contributed by atoms with Gasteiger partial charge in [0.15, 0.2) is 16.6 Å². The molecule has 54 heavy (non-hydrogen) atoms. The van der Waals surface area contributed by atoms with E-state index in [1.54, 1.807) is 0 Å². The summed E-state index contributed by atoms with van der Waals surface area (Å²) in [6.45, 7) is 50.9. The number of hydrogen-bond donors (Lipinski definition) is 1. The second kappa shape index (κ2) is 20.7. The Bertz CT molecular complexity index is 1420. The van der Waals surface area contributed by atoms with Gasteiger partial charge in [0.05, 0.1) is 22.1 Å². The van der Waals surface area contributed by atoms with Crippen LogP contribution in [0.1, 0.15) is 80.6 Å². The van der Waals surface area contributed by atoms with Crippen LogP contribution in [0.15, 0.2) is 12.4 Å². The van der Waals surface area contributed by atoms with Gasteiger partial charge in [-0.15, -0.1) is 0 Å². The summed E-state index contributed by atoms with van der Waals surface area (Å²) in [4.78, 5) is 0. The molecule has 0 unspecified atom stereocenters. The highest BCUT2D eigenvalue weighted by molar-refractivity contribution is 14.1. The van der Waals surface area contributed by atoms with Crippen LogP contribution in [-0.2, 0) is 44.6 Å². The number of nitrogens with one attached hydrogen (secondary N) is 1. The maximum Gasteiger partial charge on any atom is 0.276 e. The van der Waals surface area contributed by atoms with Gasteiger partial charge in [0.25, 0.3) is 6.73 Å². The molecule has 316 valence electrons. The lowest BCUT2D eigenvalue weighted by atomic mass is 9.89. The monoisotopic (exact) mass is 1050 g/mol. The number of halogens is 2. The number of ether oxygens (including phenoxy) is 2. The predicted molar refractivity (Wildman–Crippen MR) is 258 cm³/mol. The molecule has 1 N–H and O–H groups in total. The van der Waals surface area contributed by atoms with E-state index < -0.39 is 32.8 Å². The van der Waals surface area contributed by atoms with E-state index in [2.05, 4.69) is 202 Å². The number of aromatic nitrogens is 4. The number of aromatic amines is 1. The Morgan fingerprint density at radius 3 is 1.56 bits per heavy atom. The zero-order valence-corrected chi connectivity index (χ0v) is 46.8. The number of rotatable bonds is 20. The van der Waals surface area contributed by atoms with Crippen molar-refractivity contribution in [1.82, 2.24) is 14.9 Å². The van der Waals surface area contributed by atoms with Crippen LogP contribution in [0, 0.1) is 18.0 Å². The Labute approximate surface area is 364 Å². The number of H-pyrrole nitrogens is 1. The van der Waals surface area contributed by atoms with Gasteiger partial charge in [0, 0.05) is 48.6 Å². The van der Waals surface area contributed by atoms with E-state index in [4.69, 9.17) is 23.4 Å². The maximum atomic E-state index is 6.51. The summed E-state index contributed by atoms with van der Waals surface area (Å²) in [7, 11) is -5.53. The molecule has 2 heterocycles. The van der Waals surface area contributed by atoms with E-state index in [0.29, 0.717) is 13.5 Å². The van der Waals surface area contributed by atoms with Crippen molar-refractivity contribution in [3.63, 3.8) is 0 Å². The van der Waals surface area contributed by atoms with E-state index in [1.165, 1.54) is 24.9 Å². The molecule has 8 nitrogen and oxygen atoms in total. The molecule has 2 aromatic heterocycles. The Kier molecular flexibility index (Phi) is 20.2. The molecule has 0 aliphatic heterocycles. The minimum atomic E-state index is -1.72. The van der Waals surface area contributed by atoms with Crippen LogP contribution in [0.25, 0.3) is 0 Å². The van der Waals surface area contributed by atoms with Crippen LogP contribution < -0.4 is 4.68 Å². The molecule has 2 rings (SSSR count). The van der Waals surface area contributed by atoms with Crippen LogP contribution in [0.5, 0.6) is 0 Å². The van der Waals surface area contributed by atoms with Gasteiger partial charge in [0.2, 0.25) is 5.69 Å². The minimum Gasteiger partial charge on any atom is -0.416 e. The highest BCUT2D eigenvalue weighted by Gasteiger charge is 2.40. The van der Waals surface area contributed by atoms with Crippen LogP contribution in [0.2, 0.25) is 87.6 Å². The van der Waals surface area contributed by atoms with Gasteiger partial charge < -0.3 is 18.3 Å². The van der Waals surface area contributed by atoms with Crippen molar-refractivity contribution in [3.05, 3.63) is 30.9 Å². The molecule has 0 aliphatic carbocycles. The first-order valence-electron chi connectivity index (χ1n) is 20.0. The lowest BCUT2D eigenvalue weighted by Gasteiger charge is -2.39. The molecular weight excluding hydrogens is 967 g/mol. The first kappa shape index (κ1) is 52.6. The fraction of sp³-hybridized carbons (Fsp3) is 0.850. The second-order valence-electron chi connectivity index (χ2n) is 22.4. The van der Waals surface area contributed by atoms with Gasteiger partial charge in [-0.2, -0.15) is 10.2 Å². The quantitative estimate of drug-likeness (QED) is 0.0619. The summed E-state index contributed by atoms with van der Waals surface area (Å²) in [5, 5.41) is 8.62. The van der Waals surface area contributed by atoms with Crippen molar-refractivity contribution >= 4 is 78.0 Å². The molecule has 0 amide bonds. The molecule has 0 atom stereocenters. The zero-order valence-electron chi connectivity index (χ0n) is 38.5. The third kappa shape index (κ3) is 20.0. The molecule has 0 aromatic carbocycles. The van der Waals surface area contributed by atoms with Crippen molar-refractivity contribution in [2.75, 3.05) is 26.4 Å². The Balaban J connectivity index is 0.000000540. The Hall–Kier alpha value is 0.588. The van der Waals surface area contributed by atoms with Crippen molar-refractivity contribution in [3.8, 4) is 0 Å². The largest absolute Gasteiger partial charge is 0.416 e. The van der Waals surface area contributed by atoms with Crippen LogP contribution in [0.3, 0.4) is 0 Å². The van der Waals surface area contributed by atoms with Gasteiger partial charge >= 0.3 is 0 Å². The van der Waals surface area contributed by atoms with E-state index in [-0.39, 0.29) is 20.9 Å². The number of hydrogen-bond acceptors (Lipinski definition) is 5. The van der Waals surface area contributed by atoms with Gasteiger partial charge in [-0.25, -0.2) is 4.68 Å². The average Bonchev–Trinajstić information content (AvgIpc) is 3.49. The van der Waals surface area contributed by atoms with E-state index in [9.17, 15) is 0 Å². The molecule has 0 spiro atoms. The van der Waals surface area contributed by atoms with E-state index in [1.807, 2.05) is 4.68 Å². The Morgan fingerprint density at radius 1 is 0.667 bits per heavy atom. The second-order valence-corrected chi connectivity index (χ2v) is 45.6. The van der Waals surface area contributed by atoms with Gasteiger partial charge in [-0.05, 0) is 111 Å². The Morgan fingerprint density at radius 2 is 1.11 bits per heavy atom. The highest BCUT2D eigenvalue weighted by Crippen LogP contribution is 2.39. The first-order valence-corrected chi connectivity index (χ1v) is 35.4. The van der Waals surface area contributed by atoms with Crippen LogP contribution >= 0.6 is 45.2 Å². The lowest BCUT2D eigenvalue weighted by Crippen LogP contribution is -2.45.